The summed E-state index contributed by atoms with van der Waals surface area (Å²) in [4.78, 5) is 25.4. The molecule has 2 aromatic heterocycles. The maximum absolute atomic E-state index is 12.6. The van der Waals surface area contributed by atoms with Gasteiger partial charge in [0.05, 0.1) is 24.1 Å². The normalized spacial score (nSPS) is 15.6. The van der Waals surface area contributed by atoms with Gasteiger partial charge < -0.3 is 15.1 Å². The highest BCUT2D eigenvalue weighted by Gasteiger charge is 2.27. The second kappa shape index (κ2) is 9.21. The maximum atomic E-state index is 12.6. The van der Waals surface area contributed by atoms with E-state index < -0.39 is 0 Å². The molecule has 0 aromatic carbocycles. The first-order chi connectivity index (χ1) is 12.8. The number of thiazole rings is 1. The average molecular weight is 517 g/mol. The number of piperazine rings is 1. The number of rotatable bonds is 3. The van der Waals surface area contributed by atoms with Crippen LogP contribution in [0.5, 0.6) is 0 Å². The summed E-state index contributed by atoms with van der Waals surface area (Å²) in [6.07, 6.45) is 3.58. The lowest BCUT2D eigenvalue weighted by molar-refractivity contribution is -0.120. The molecule has 0 aliphatic carbocycles. The highest BCUT2D eigenvalue weighted by Crippen LogP contribution is 2.23. The zero-order valence-corrected chi connectivity index (χ0v) is 20.1. The van der Waals surface area contributed by atoms with Crippen LogP contribution in [0.15, 0.2) is 22.8 Å². The first-order valence-electron chi connectivity index (χ1n) is 8.97. The van der Waals surface area contributed by atoms with E-state index in [1.807, 2.05) is 18.1 Å². The molecule has 3 heterocycles. The van der Waals surface area contributed by atoms with E-state index in [-0.39, 0.29) is 35.3 Å². The summed E-state index contributed by atoms with van der Waals surface area (Å²) in [6.45, 7) is 8.69. The van der Waals surface area contributed by atoms with Crippen LogP contribution in [0.25, 0.3) is 0 Å². The molecule has 0 unspecified atom stereocenters. The predicted octanol–water partition coefficient (Wildman–Crippen LogP) is 2.22. The number of amides is 1. The Morgan fingerprint density at radius 2 is 2.11 bits per heavy atom. The lowest BCUT2D eigenvalue weighted by Crippen LogP contribution is -2.55. The number of nitrogens with zero attached hydrogens (tertiary/aromatic N) is 6. The smallest absolute Gasteiger partial charge is 0.246 e. The second-order valence-corrected chi connectivity index (χ2v) is 8.56. The second-order valence-electron chi connectivity index (χ2n) is 7.62. The molecule has 1 amide bonds. The third-order valence-corrected chi connectivity index (χ3v) is 5.30. The van der Waals surface area contributed by atoms with E-state index in [1.54, 1.807) is 34.2 Å². The van der Waals surface area contributed by atoms with Gasteiger partial charge in [-0.2, -0.15) is 5.10 Å². The molecule has 2 aromatic rings. The number of aromatic nitrogens is 3. The highest BCUT2D eigenvalue weighted by molar-refractivity contribution is 14.0. The van der Waals surface area contributed by atoms with Crippen LogP contribution in [0.3, 0.4) is 0 Å². The van der Waals surface area contributed by atoms with Crippen LogP contribution in [-0.4, -0.2) is 58.2 Å². The van der Waals surface area contributed by atoms with E-state index in [1.165, 1.54) is 0 Å². The van der Waals surface area contributed by atoms with Gasteiger partial charge in [-0.05, 0) is 0 Å². The molecular weight excluding hydrogens is 489 g/mol. The first-order valence-corrected chi connectivity index (χ1v) is 9.85. The summed E-state index contributed by atoms with van der Waals surface area (Å²) in [5.74, 6) is 0.767. The lowest BCUT2D eigenvalue weighted by atomic mass is 9.93. The van der Waals surface area contributed by atoms with Crippen LogP contribution in [-0.2, 0) is 23.8 Å². The Morgan fingerprint density at radius 1 is 1.36 bits per heavy atom. The Bertz CT molecular complexity index is 839. The monoisotopic (exact) mass is 517 g/mol. The fourth-order valence-corrected chi connectivity index (χ4v) is 3.86. The summed E-state index contributed by atoms with van der Waals surface area (Å²) in [7, 11) is 3.59. The van der Waals surface area contributed by atoms with Gasteiger partial charge in [0.15, 0.2) is 5.96 Å². The standard InChI is InChI=1S/C18H27N7OS.HI/c1-18(2,3)14-12-27-15(22-14)9-20-17(19-4)24-6-7-25(16(26)11-24)13-8-21-23(5)10-13;/h8,10,12H,6-7,9,11H2,1-5H3,(H,19,20);1H. The fraction of sp³-hybridized carbons (Fsp3) is 0.556. The molecule has 0 saturated carbocycles. The van der Waals surface area contributed by atoms with E-state index >= 15 is 0 Å². The number of hydrogen-bond acceptors (Lipinski definition) is 5. The lowest BCUT2D eigenvalue weighted by Gasteiger charge is -2.35. The van der Waals surface area contributed by atoms with Crippen LogP contribution in [0.2, 0.25) is 0 Å². The van der Waals surface area contributed by atoms with Gasteiger partial charge in [0.1, 0.15) is 11.6 Å². The van der Waals surface area contributed by atoms with Crippen molar-refractivity contribution >= 4 is 52.9 Å². The van der Waals surface area contributed by atoms with Crippen LogP contribution in [0, 0.1) is 0 Å². The molecular formula is C18H28IN7OS. The maximum Gasteiger partial charge on any atom is 0.246 e. The van der Waals surface area contributed by atoms with Crippen LogP contribution < -0.4 is 10.2 Å². The van der Waals surface area contributed by atoms with Gasteiger partial charge in [0.2, 0.25) is 5.91 Å². The van der Waals surface area contributed by atoms with Gasteiger partial charge in [0, 0.05) is 44.2 Å². The largest absolute Gasteiger partial charge is 0.350 e. The van der Waals surface area contributed by atoms with Gasteiger partial charge in [-0.25, -0.2) is 4.98 Å². The molecule has 0 bridgehead atoms. The molecule has 1 N–H and O–H groups in total. The molecule has 8 nitrogen and oxygen atoms in total. The van der Waals surface area contributed by atoms with Gasteiger partial charge in [-0.3, -0.25) is 14.5 Å². The van der Waals surface area contributed by atoms with E-state index in [2.05, 4.69) is 41.6 Å². The average Bonchev–Trinajstić information content (AvgIpc) is 3.24. The summed E-state index contributed by atoms with van der Waals surface area (Å²) in [5, 5.41) is 10.6. The topological polar surface area (TPSA) is 78.7 Å². The number of carbonyl (C=O) groups is 1. The Morgan fingerprint density at radius 3 is 2.64 bits per heavy atom. The summed E-state index contributed by atoms with van der Waals surface area (Å²) in [5.41, 5.74) is 1.98. The van der Waals surface area contributed by atoms with Gasteiger partial charge in [-0.15, -0.1) is 35.3 Å². The number of carbonyl (C=O) groups excluding carboxylic acids is 1. The minimum Gasteiger partial charge on any atom is -0.350 e. The zero-order valence-electron chi connectivity index (χ0n) is 17.0. The quantitative estimate of drug-likeness (QED) is 0.384. The molecule has 1 aliphatic rings. The molecule has 10 heteroatoms. The zero-order chi connectivity index (χ0) is 19.6. The summed E-state index contributed by atoms with van der Waals surface area (Å²) >= 11 is 1.64. The molecule has 1 aliphatic heterocycles. The van der Waals surface area contributed by atoms with Gasteiger partial charge >= 0.3 is 0 Å². The van der Waals surface area contributed by atoms with Crippen molar-refractivity contribution in [3.63, 3.8) is 0 Å². The van der Waals surface area contributed by atoms with Crippen molar-refractivity contribution in [1.29, 1.82) is 0 Å². The Labute approximate surface area is 187 Å². The molecule has 0 radical (unpaired) electrons. The van der Waals surface area contributed by atoms with Crippen molar-refractivity contribution < 1.29 is 4.79 Å². The molecule has 1 saturated heterocycles. The molecule has 0 spiro atoms. The van der Waals surface area contributed by atoms with Crippen molar-refractivity contribution in [1.82, 2.24) is 25.0 Å². The van der Waals surface area contributed by atoms with E-state index in [4.69, 9.17) is 4.98 Å². The third-order valence-electron chi connectivity index (χ3n) is 4.45. The number of halogens is 1. The number of hydrogen-bond donors (Lipinski definition) is 1. The van der Waals surface area contributed by atoms with Crippen molar-refractivity contribution in [2.24, 2.45) is 12.0 Å². The summed E-state index contributed by atoms with van der Waals surface area (Å²) < 4.78 is 1.70. The number of aliphatic imine (C=N–C) groups is 1. The van der Waals surface area contributed by atoms with Gasteiger partial charge in [0.25, 0.3) is 0 Å². The fourth-order valence-electron chi connectivity index (χ4n) is 2.90. The SMILES string of the molecule is CN=C(NCc1nc(C(C)(C)C)cs1)N1CCN(c2cnn(C)c2)C(=O)C1.I. The minimum absolute atomic E-state index is 0. The molecule has 28 heavy (non-hydrogen) atoms. The predicted molar refractivity (Wildman–Crippen MR) is 124 cm³/mol. The van der Waals surface area contributed by atoms with Crippen molar-refractivity contribution in [2.75, 3.05) is 31.6 Å². The third kappa shape index (κ3) is 5.22. The van der Waals surface area contributed by atoms with Crippen molar-refractivity contribution in [3.05, 3.63) is 28.5 Å². The molecule has 0 atom stereocenters. The van der Waals surface area contributed by atoms with Crippen LogP contribution >= 0.6 is 35.3 Å². The Kier molecular flexibility index (Phi) is 7.43. The van der Waals surface area contributed by atoms with E-state index in [9.17, 15) is 4.79 Å². The number of nitrogens with one attached hydrogen (secondary N) is 1. The van der Waals surface area contributed by atoms with Crippen molar-refractivity contribution in [3.8, 4) is 0 Å². The Hall–Kier alpha value is -1.69. The molecule has 3 rings (SSSR count). The number of anilines is 1. The van der Waals surface area contributed by atoms with E-state index in [0.717, 1.165) is 22.3 Å². The minimum atomic E-state index is 0. The first kappa shape index (κ1) is 22.6. The van der Waals surface area contributed by atoms with Crippen LogP contribution in [0.4, 0.5) is 5.69 Å². The van der Waals surface area contributed by atoms with Crippen molar-refractivity contribution in [2.45, 2.75) is 32.7 Å². The number of guanidine groups is 1. The Balaban J connectivity index is 0.00000280. The van der Waals surface area contributed by atoms with E-state index in [0.29, 0.717) is 26.2 Å². The molecule has 1 fully saturated rings. The highest BCUT2D eigenvalue weighted by atomic mass is 127. The molecule has 154 valence electrons. The van der Waals surface area contributed by atoms with Crippen LogP contribution in [0.1, 0.15) is 31.5 Å². The number of aryl methyl sites for hydroxylation is 1. The summed E-state index contributed by atoms with van der Waals surface area (Å²) in [6, 6.07) is 0. The van der Waals surface area contributed by atoms with Gasteiger partial charge in [-0.1, -0.05) is 20.8 Å².